The van der Waals surface area contributed by atoms with Crippen LogP contribution in [0.5, 0.6) is 0 Å². The molecule has 0 heterocycles. The number of amides is 2. The van der Waals surface area contributed by atoms with Gasteiger partial charge in [-0.05, 0) is 18.2 Å². The number of hydrogen-bond donors (Lipinski definition) is 2. The molecule has 0 spiro atoms. The molecule has 0 atom stereocenters. The van der Waals surface area contributed by atoms with E-state index in [9.17, 15) is 14.0 Å². The summed E-state index contributed by atoms with van der Waals surface area (Å²) in [6, 6.07) is 4.94. The zero-order valence-corrected chi connectivity index (χ0v) is 7.29. The molecule has 0 saturated heterocycles. The first-order valence-electron chi connectivity index (χ1n) is 3.96. The van der Waals surface area contributed by atoms with Crippen LogP contribution in [-0.2, 0) is 4.79 Å². The molecule has 0 aliphatic carbocycles. The molecule has 2 amide bonds. The van der Waals surface area contributed by atoms with Crippen LogP contribution in [-0.4, -0.2) is 18.9 Å². The summed E-state index contributed by atoms with van der Waals surface area (Å²) >= 11 is 0. The molecule has 0 radical (unpaired) electrons. The molecule has 2 N–H and O–H groups in total. The van der Waals surface area contributed by atoms with E-state index in [1.807, 2.05) is 0 Å². The van der Waals surface area contributed by atoms with Gasteiger partial charge in [-0.1, -0.05) is 6.07 Å². The Morgan fingerprint density at radius 1 is 1.50 bits per heavy atom. The summed E-state index contributed by atoms with van der Waals surface area (Å²) in [5.74, 6) is -0.432. The van der Waals surface area contributed by atoms with Gasteiger partial charge >= 0.3 is 6.03 Å². The second kappa shape index (κ2) is 4.96. The predicted octanol–water partition coefficient (Wildman–Crippen LogP) is 1.15. The maximum atomic E-state index is 12.6. The van der Waals surface area contributed by atoms with Crippen molar-refractivity contribution in [2.75, 3.05) is 11.9 Å². The minimum atomic E-state index is -0.539. The largest absolute Gasteiger partial charge is 0.331 e. The van der Waals surface area contributed by atoms with Crippen molar-refractivity contribution in [2.24, 2.45) is 0 Å². The van der Waals surface area contributed by atoms with Crippen LogP contribution in [0.1, 0.15) is 0 Å². The van der Waals surface area contributed by atoms with Gasteiger partial charge in [0.05, 0.1) is 6.54 Å². The second-order valence-corrected chi connectivity index (χ2v) is 2.51. The number of hydrogen-bond acceptors (Lipinski definition) is 2. The fourth-order valence-corrected chi connectivity index (χ4v) is 0.876. The lowest BCUT2D eigenvalue weighted by Crippen LogP contribution is -2.30. The van der Waals surface area contributed by atoms with E-state index in [2.05, 4.69) is 10.6 Å². The molecule has 0 unspecified atom stereocenters. The Bertz CT molecular complexity index is 341. The van der Waals surface area contributed by atoms with E-state index < -0.39 is 11.8 Å². The second-order valence-electron chi connectivity index (χ2n) is 2.51. The number of benzene rings is 1. The van der Waals surface area contributed by atoms with Crippen molar-refractivity contribution in [2.45, 2.75) is 0 Å². The number of carbonyl (C=O) groups excluding carboxylic acids is 2. The number of aldehydes is 1. The molecule has 4 nitrogen and oxygen atoms in total. The molecular weight excluding hydrogens is 187 g/mol. The molecule has 1 aromatic carbocycles. The first-order chi connectivity index (χ1) is 6.72. The van der Waals surface area contributed by atoms with Gasteiger partial charge < -0.3 is 15.4 Å². The minimum Gasteiger partial charge on any atom is -0.331 e. The van der Waals surface area contributed by atoms with Crippen LogP contribution in [0.3, 0.4) is 0 Å². The third kappa shape index (κ3) is 3.22. The fourth-order valence-electron chi connectivity index (χ4n) is 0.876. The van der Waals surface area contributed by atoms with Gasteiger partial charge in [-0.2, -0.15) is 0 Å². The van der Waals surface area contributed by atoms with E-state index in [1.165, 1.54) is 18.2 Å². The third-order valence-corrected chi connectivity index (χ3v) is 1.43. The first kappa shape index (κ1) is 10.2. The molecule has 0 aliphatic rings. The fraction of sp³-hybridized carbons (Fsp3) is 0.111. The smallest absolute Gasteiger partial charge is 0.319 e. The number of halogens is 1. The maximum absolute atomic E-state index is 12.6. The predicted molar refractivity (Wildman–Crippen MR) is 49.5 cm³/mol. The lowest BCUT2D eigenvalue weighted by atomic mass is 10.3. The average Bonchev–Trinajstić information content (AvgIpc) is 2.15. The Kier molecular flexibility index (Phi) is 3.60. The molecule has 1 rings (SSSR count). The SMILES string of the molecule is O=CCNC(=O)Nc1cccc(F)c1. The number of carbonyl (C=O) groups is 2. The normalized spacial score (nSPS) is 9.21. The van der Waals surface area contributed by atoms with E-state index in [-0.39, 0.29) is 6.54 Å². The minimum absolute atomic E-state index is 0.0683. The first-order valence-corrected chi connectivity index (χ1v) is 3.96. The Hall–Kier alpha value is -1.91. The molecule has 74 valence electrons. The molecule has 0 aromatic heterocycles. The molecule has 1 aromatic rings. The third-order valence-electron chi connectivity index (χ3n) is 1.43. The zero-order valence-electron chi connectivity index (χ0n) is 7.29. The lowest BCUT2D eigenvalue weighted by Gasteiger charge is -2.04. The van der Waals surface area contributed by atoms with Crippen molar-refractivity contribution in [3.63, 3.8) is 0 Å². The molecule has 0 bridgehead atoms. The summed E-state index contributed by atoms with van der Waals surface area (Å²) in [5.41, 5.74) is 0.341. The van der Waals surface area contributed by atoms with Crippen LogP contribution in [0, 0.1) is 5.82 Å². The quantitative estimate of drug-likeness (QED) is 0.712. The van der Waals surface area contributed by atoms with Gasteiger partial charge in [0.15, 0.2) is 0 Å². The van der Waals surface area contributed by atoms with Crippen LogP contribution >= 0.6 is 0 Å². The van der Waals surface area contributed by atoms with Crippen molar-refractivity contribution in [3.05, 3.63) is 30.1 Å². The summed E-state index contributed by atoms with van der Waals surface area (Å²) in [5, 5.41) is 4.63. The highest BCUT2D eigenvalue weighted by Gasteiger charge is 2.00. The Labute approximate surface area is 80.1 Å². The van der Waals surface area contributed by atoms with Gasteiger partial charge in [0.25, 0.3) is 0 Å². The Morgan fingerprint density at radius 2 is 2.29 bits per heavy atom. The van der Waals surface area contributed by atoms with E-state index in [1.54, 1.807) is 6.07 Å². The van der Waals surface area contributed by atoms with Crippen LogP contribution in [0.15, 0.2) is 24.3 Å². The Morgan fingerprint density at radius 3 is 2.93 bits per heavy atom. The zero-order chi connectivity index (χ0) is 10.4. The van der Waals surface area contributed by atoms with Crippen molar-refractivity contribution in [1.82, 2.24) is 5.32 Å². The molecule has 14 heavy (non-hydrogen) atoms. The van der Waals surface area contributed by atoms with Gasteiger partial charge in [0.1, 0.15) is 12.1 Å². The van der Waals surface area contributed by atoms with Gasteiger partial charge in [-0.15, -0.1) is 0 Å². The Balaban J connectivity index is 2.51. The lowest BCUT2D eigenvalue weighted by molar-refractivity contribution is -0.107. The maximum Gasteiger partial charge on any atom is 0.319 e. The standard InChI is InChI=1S/C9H9FN2O2/c10-7-2-1-3-8(6-7)12-9(14)11-4-5-13/h1-3,5-6H,4H2,(H2,11,12,14). The van der Waals surface area contributed by atoms with E-state index >= 15 is 0 Å². The molecule has 0 fully saturated rings. The molecule has 0 aliphatic heterocycles. The van der Waals surface area contributed by atoms with Gasteiger partial charge in [0, 0.05) is 5.69 Å². The number of nitrogens with one attached hydrogen (secondary N) is 2. The van der Waals surface area contributed by atoms with Gasteiger partial charge in [-0.25, -0.2) is 9.18 Å². The summed E-state index contributed by atoms with van der Waals surface area (Å²) in [7, 11) is 0. The summed E-state index contributed by atoms with van der Waals surface area (Å²) in [6.45, 7) is -0.0683. The summed E-state index contributed by atoms with van der Waals surface area (Å²) < 4.78 is 12.6. The van der Waals surface area contributed by atoms with Crippen LogP contribution in [0.2, 0.25) is 0 Å². The highest BCUT2D eigenvalue weighted by Crippen LogP contribution is 2.08. The van der Waals surface area contributed by atoms with Crippen LogP contribution < -0.4 is 10.6 Å². The highest BCUT2D eigenvalue weighted by molar-refractivity contribution is 5.90. The van der Waals surface area contributed by atoms with Gasteiger partial charge in [-0.3, -0.25) is 0 Å². The molecular formula is C9H9FN2O2. The molecule has 0 saturated carbocycles. The van der Waals surface area contributed by atoms with E-state index in [0.717, 1.165) is 0 Å². The van der Waals surface area contributed by atoms with Crippen molar-refractivity contribution in [1.29, 1.82) is 0 Å². The number of rotatable bonds is 3. The van der Waals surface area contributed by atoms with Crippen molar-refractivity contribution < 1.29 is 14.0 Å². The van der Waals surface area contributed by atoms with E-state index in [0.29, 0.717) is 12.0 Å². The van der Waals surface area contributed by atoms with Crippen LogP contribution in [0.4, 0.5) is 14.9 Å². The number of anilines is 1. The molecule has 5 heteroatoms. The highest BCUT2D eigenvalue weighted by atomic mass is 19.1. The topological polar surface area (TPSA) is 58.2 Å². The van der Waals surface area contributed by atoms with Gasteiger partial charge in [0.2, 0.25) is 0 Å². The monoisotopic (exact) mass is 196 g/mol. The van der Waals surface area contributed by atoms with Crippen molar-refractivity contribution in [3.8, 4) is 0 Å². The number of urea groups is 1. The van der Waals surface area contributed by atoms with E-state index in [4.69, 9.17) is 0 Å². The summed E-state index contributed by atoms with van der Waals surface area (Å²) in [4.78, 5) is 20.9. The summed E-state index contributed by atoms with van der Waals surface area (Å²) in [6.07, 6.45) is 0.561. The van der Waals surface area contributed by atoms with Crippen LogP contribution in [0.25, 0.3) is 0 Å². The van der Waals surface area contributed by atoms with Crippen molar-refractivity contribution >= 4 is 18.0 Å². The average molecular weight is 196 g/mol.